The lowest BCUT2D eigenvalue weighted by molar-refractivity contribution is 0.283. The zero-order valence-electron chi connectivity index (χ0n) is 8.92. The number of nitrogens with two attached hydrogens (primary N) is 1. The summed E-state index contributed by atoms with van der Waals surface area (Å²) in [4.78, 5) is 0. The second kappa shape index (κ2) is 6.96. The van der Waals surface area contributed by atoms with Crippen LogP contribution in [0, 0.1) is 5.82 Å². The van der Waals surface area contributed by atoms with Gasteiger partial charge in [0.1, 0.15) is 5.82 Å². The summed E-state index contributed by atoms with van der Waals surface area (Å²) in [5, 5.41) is 11.8. The number of hydrogen-bond acceptors (Lipinski definition) is 3. The van der Waals surface area contributed by atoms with Crippen molar-refractivity contribution < 1.29 is 9.50 Å². The van der Waals surface area contributed by atoms with Crippen molar-refractivity contribution in [1.82, 2.24) is 5.32 Å². The maximum absolute atomic E-state index is 13.6. The number of hydrogen-bond donors (Lipinski definition) is 3. The normalized spacial score (nSPS) is 12.8. The summed E-state index contributed by atoms with van der Waals surface area (Å²) < 4.78 is 14.4. The molecule has 1 rings (SSSR count). The molecule has 5 heteroatoms. The van der Waals surface area contributed by atoms with Crippen LogP contribution >= 0.6 is 15.9 Å². The third kappa shape index (κ3) is 3.83. The fourth-order valence-corrected chi connectivity index (χ4v) is 1.84. The fraction of sp³-hybridized carbons (Fsp3) is 0.455. The largest absolute Gasteiger partial charge is 0.396 e. The van der Waals surface area contributed by atoms with Gasteiger partial charge in [0, 0.05) is 29.2 Å². The minimum absolute atomic E-state index is 0.116. The highest BCUT2D eigenvalue weighted by atomic mass is 79.9. The molecular formula is C11H16BrFN2O. The summed E-state index contributed by atoms with van der Waals surface area (Å²) in [6, 6.07) is 4.57. The standard InChI is InChI=1S/C11H16BrFN2O/c12-8-2-3-10(13)9(6-8)11(7-14)15-4-1-5-16/h2-3,6,11,15-16H,1,4-5,7,14H2. The van der Waals surface area contributed by atoms with Gasteiger partial charge in [-0.05, 0) is 31.2 Å². The molecule has 0 heterocycles. The van der Waals surface area contributed by atoms with Crippen LogP contribution in [0.2, 0.25) is 0 Å². The van der Waals surface area contributed by atoms with E-state index in [0.29, 0.717) is 25.1 Å². The first-order valence-electron chi connectivity index (χ1n) is 5.18. The molecule has 1 aromatic carbocycles. The highest BCUT2D eigenvalue weighted by Crippen LogP contribution is 2.21. The Balaban J connectivity index is 2.73. The predicted octanol–water partition coefficient (Wildman–Crippen LogP) is 1.56. The Hall–Kier alpha value is -0.490. The van der Waals surface area contributed by atoms with Gasteiger partial charge in [-0.3, -0.25) is 0 Å². The molecule has 0 radical (unpaired) electrons. The minimum Gasteiger partial charge on any atom is -0.396 e. The average Bonchev–Trinajstić information content (AvgIpc) is 2.28. The highest BCUT2D eigenvalue weighted by molar-refractivity contribution is 9.10. The van der Waals surface area contributed by atoms with Crippen LogP contribution in [0.15, 0.2) is 22.7 Å². The molecule has 0 fully saturated rings. The molecule has 0 amide bonds. The molecule has 0 aliphatic rings. The van der Waals surface area contributed by atoms with Crippen molar-refractivity contribution >= 4 is 15.9 Å². The first kappa shape index (κ1) is 13.6. The first-order valence-corrected chi connectivity index (χ1v) is 5.97. The summed E-state index contributed by atoms with van der Waals surface area (Å²) in [6.45, 7) is 1.05. The molecule has 0 saturated heterocycles. The van der Waals surface area contributed by atoms with Crippen molar-refractivity contribution in [2.24, 2.45) is 5.73 Å². The third-order valence-electron chi connectivity index (χ3n) is 2.29. The van der Waals surface area contributed by atoms with Gasteiger partial charge >= 0.3 is 0 Å². The Morgan fingerprint density at radius 3 is 2.88 bits per heavy atom. The molecule has 0 aliphatic heterocycles. The molecule has 3 nitrogen and oxygen atoms in total. The Morgan fingerprint density at radius 1 is 1.50 bits per heavy atom. The van der Waals surface area contributed by atoms with Gasteiger partial charge in [-0.15, -0.1) is 0 Å². The maximum atomic E-state index is 13.6. The zero-order valence-corrected chi connectivity index (χ0v) is 10.5. The van der Waals surface area contributed by atoms with Crippen LogP contribution in [0.5, 0.6) is 0 Å². The molecule has 0 aromatic heterocycles. The van der Waals surface area contributed by atoms with Crippen molar-refractivity contribution in [3.05, 3.63) is 34.1 Å². The molecule has 1 unspecified atom stereocenters. The Morgan fingerprint density at radius 2 is 2.25 bits per heavy atom. The van der Waals surface area contributed by atoms with Crippen molar-refractivity contribution in [3.63, 3.8) is 0 Å². The average molecular weight is 291 g/mol. The number of rotatable bonds is 6. The van der Waals surface area contributed by atoms with E-state index in [1.54, 1.807) is 12.1 Å². The summed E-state index contributed by atoms with van der Waals surface area (Å²) >= 11 is 3.30. The van der Waals surface area contributed by atoms with Crippen LogP contribution in [0.3, 0.4) is 0 Å². The lowest BCUT2D eigenvalue weighted by Gasteiger charge is -2.18. The number of aliphatic hydroxyl groups excluding tert-OH is 1. The Labute approximate surface area is 103 Å². The van der Waals surface area contributed by atoms with Crippen LogP contribution in [-0.4, -0.2) is 24.8 Å². The number of nitrogens with one attached hydrogen (secondary N) is 1. The van der Waals surface area contributed by atoms with E-state index in [0.717, 1.165) is 4.47 Å². The van der Waals surface area contributed by atoms with Crippen molar-refractivity contribution in [2.45, 2.75) is 12.5 Å². The van der Waals surface area contributed by atoms with E-state index >= 15 is 0 Å². The zero-order chi connectivity index (χ0) is 12.0. The summed E-state index contributed by atoms with van der Waals surface area (Å²) in [6.07, 6.45) is 0.631. The molecule has 0 bridgehead atoms. The second-order valence-corrected chi connectivity index (χ2v) is 4.40. The summed E-state index contributed by atoms with van der Waals surface area (Å²) in [7, 11) is 0. The van der Waals surface area contributed by atoms with Gasteiger partial charge in [-0.25, -0.2) is 4.39 Å². The third-order valence-corrected chi connectivity index (χ3v) is 2.79. The molecule has 1 atom stereocenters. The second-order valence-electron chi connectivity index (χ2n) is 3.49. The smallest absolute Gasteiger partial charge is 0.128 e. The van der Waals surface area contributed by atoms with Gasteiger partial charge in [0.2, 0.25) is 0 Å². The lowest BCUT2D eigenvalue weighted by atomic mass is 10.1. The molecule has 0 aliphatic carbocycles. The van der Waals surface area contributed by atoms with E-state index in [1.807, 2.05) is 0 Å². The molecular weight excluding hydrogens is 275 g/mol. The Kier molecular flexibility index (Phi) is 5.90. The number of aliphatic hydroxyl groups is 1. The Bertz CT molecular complexity index is 336. The van der Waals surface area contributed by atoms with Gasteiger partial charge in [0.05, 0.1) is 0 Å². The van der Waals surface area contributed by atoms with Crippen LogP contribution in [0.25, 0.3) is 0 Å². The SMILES string of the molecule is NCC(NCCCO)c1cc(Br)ccc1F. The van der Waals surface area contributed by atoms with E-state index in [9.17, 15) is 4.39 Å². The van der Waals surface area contributed by atoms with Crippen molar-refractivity contribution in [1.29, 1.82) is 0 Å². The minimum atomic E-state index is -0.268. The van der Waals surface area contributed by atoms with E-state index < -0.39 is 0 Å². The van der Waals surface area contributed by atoms with Crippen LogP contribution in [0.4, 0.5) is 4.39 Å². The predicted molar refractivity (Wildman–Crippen MR) is 65.6 cm³/mol. The fourth-order valence-electron chi connectivity index (χ4n) is 1.46. The molecule has 90 valence electrons. The lowest BCUT2D eigenvalue weighted by Crippen LogP contribution is -2.30. The van der Waals surface area contributed by atoms with Gasteiger partial charge in [-0.2, -0.15) is 0 Å². The topological polar surface area (TPSA) is 58.3 Å². The maximum Gasteiger partial charge on any atom is 0.128 e. The number of benzene rings is 1. The molecule has 0 spiro atoms. The molecule has 0 saturated carbocycles. The van der Waals surface area contributed by atoms with E-state index in [2.05, 4.69) is 21.2 Å². The van der Waals surface area contributed by atoms with E-state index in [-0.39, 0.29) is 18.5 Å². The van der Waals surface area contributed by atoms with Crippen molar-refractivity contribution in [3.8, 4) is 0 Å². The van der Waals surface area contributed by atoms with Crippen molar-refractivity contribution in [2.75, 3.05) is 19.7 Å². The monoisotopic (exact) mass is 290 g/mol. The van der Waals surface area contributed by atoms with Crippen LogP contribution in [0.1, 0.15) is 18.0 Å². The van der Waals surface area contributed by atoms with E-state index in [4.69, 9.17) is 10.8 Å². The van der Waals surface area contributed by atoms with Gasteiger partial charge in [0.25, 0.3) is 0 Å². The van der Waals surface area contributed by atoms with Gasteiger partial charge in [0.15, 0.2) is 0 Å². The van der Waals surface area contributed by atoms with Gasteiger partial charge in [-0.1, -0.05) is 15.9 Å². The quantitative estimate of drug-likeness (QED) is 0.697. The highest BCUT2D eigenvalue weighted by Gasteiger charge is 2.13. The number of halogens is 2. The van der Waals surface area contributed by atoms with E-state index in [1.165, 1.54) is 6.07 Å². The van der Waals surface area contributed by atoms with Crippen LogP contribution < -0.4 is 11.1 Å². The molecule has 16 heavy (non-hydrogen) atoms. The molecule has 4 N–H and O–H groups in total. The molecule has 1 aromatic rings. The van der Waals surface area contributed by atoms with Crippen LogP contribution in [-0.2, 0) is 0 Å². The van der Waals surface area contributed by atoms with Gasteiger partial charge < -0.3 is 16.2 Å². The summed E-state index contributed by atoms with van der Waals surface area (Å²) in [5.41, 5.74) is 6.15. The summed E-state index contributed by atoms with van der Waals surface area (Å²) in [5.74, 6) is -0.268. The first-order chi connectivity index (χ1) is 7.69.